The molecule has 1 fully saturated rings. The van der Waals surface area contributed by atoms with Crippen molar-refractivity contribution in [3.8, 4) is 5.75 Å². The number of nitrogens with one attached hydrogen (secondary N) is 1. The van der Waals surface area contributed by atoms with Gasteiger partial charge >= 0.3 is 0 Å². The first-order valence-electron chi connectivity index (χ1n) is 9.47. The van der Waals surface area contributed by atoms with Gasteiger partial charge in [-0.3, -0.25) is 4.99 Å². The molecule has 6 nitrogen and oxygen atoms in total. The molecule has 1 aliphatic heterocycles. The monoisotopic (exact) mass is 490 g/mol. The Hall–Kier alpha value is -1.06. The third kappa shape index (κ3) is 6.80. The molecule has 7 heteroatoms. The van der Waals surface area contributed by atoms with Crippen molar-refractivity contribution in [3.63, 3.8) is 0 Å². The molecule has 1 aromatic rings. The van der Waals surface area contributed by atoms with E-state index in [1.807, 2.05) is 19.2 Å². The molecule has 0 saturated carbocycles. The number of likely N-dealkylation sites (tertiary alicyclic amines) is 1. The molecule has 1 aliphatic rings. The number of guanidine groups is 1. The zero-order valence-corrected chi connectivity index (χ0v) is 19.6. The van der Waals surface area contributed by atoms with Crippen LogP contribution in [0.3, 0.4) is 0 Å². The first-order valence-corrected chi connectivity index (χ1v) is 9.47. The van der Waals surface area contributed by atoms with Crippen LogP contribution in [-0.2, 0) is 4.74 Å². The SMILES string of the molecule is CCOC1CCN(C(=NC)NCC(c2ccccc2OC)N(C)C)CC1.I. The van der Waals surface area contributed by atoms with Crippen molar-refractivity contribution in [2.24, 2.45) is 4.99 Å². The van der Waals surface area contributed by atoms with Gasteiger partial charge in [-0.2, -0.15) is 0 Å². The zero-order chi connectivity index (χ0) is 18.9. The van der Waals surface area contributed by atoms with Gasteiger partial charge in [-0.15, -0.1) is 24.0 Å². The summed E-state index contributed by atoms with van der Waals surface area (Å²) in [4.78, 5) is 9.02. The van der Waals surface area contributed by atoms with Crippen LogP contribution in [0.15, 0.2) is 29.3 Å². The molecule has 2 rings (SSSR count). The van der Waals surface area contributed by atoms with Gasteiger partial charge in [-0.25, -0.2) is 0 Å². The summed E-state index contributed by atoms with van der Waals surface area (Å²) in [5.74, 6) is 1.88. The molecule has 1 heterocycles. The number of hydrogen-bond donors (Lipinski definition) is 1. The number of hydrogen-bond acceptors (Lipinski definition) is 4. The Morgan fingerprint density at radius 1 is 1.30 bits per heavy atom. The highest BCUT2D eigenvalue weighted by Gasteiger charge is 2.23. The standard InChI is InChI=1S/C20H34N4O2.HI/c1-6-26-16-11-13-24(14-12-16)20(21-2)22-15-18(23(3)4)17-9-7-8-10-19(17)25-5;/h7-10,16,18H,6,11-15H2,1-5H3,(H,21,22);1H. The smallest absolute Gasteiger partial charge is 0.193 e. The highest BCUT2D eigenvalue weighted by molar-refractivity contribution is 14.0. The highest BCUT2D eigenvalue weighted by Crippen LogP contribution is 2.27. The van der Waals surface area contributed by atoms with E-state index in [4.69, 9.17) is 9.47 Å². The number of piperidine rings is 1. The van der Waals surface area contributed by atoms with E-state index >= 15 is 0 Å². The van der Waals surface area contributed by atoms with E-state index in [2.05, 4.69) is 53.3 Å². The largest absolute Gasteiger partial charge is 0.496 e. The van der Waals surface area contributed by atoms with Gasteiger partial charge in [-0.1, -0.05) is 18.2 Å². The van der Waals surface area contributed by atoms with E-state index in [9.17, 15) is 0 Å². The van der Waals surface area contributed by atoms with Crippen molar-refractivity contribution >= 4 is 29.9 Å². The Labute approximate surface area is 181 Å². The van der Waals surface area contributed by atoms with Crippen LogP contribution in [0.4, 0.5) is 0 Å². The molecule has 154 valence electrons. The molecule has 0 aromatic heterocycles. The maximum absolute atomic E-state index is 5.75. The van der Waals surface area contributed by atoms with Crippen LogP contribution in [0.2, 0.25) is 0 Å². The summed E-state index contributed by atoms with van der Waals surface area (Å²) in [7, 11) is 7.76. The second-order valence-electron chi connectivity index (χ2n) is 6.79. The van der Waals surface area contributed by atoms with Gasteiger partial charge in [0.05, 0.1) is 19.3 Å². The number of ether oxygens (including phenoxy) is 2. The number of para-hydroxylation sites is 1. The maximum Gasteiger partial charge on any atom is 0.193 e. The zero-order valence-electron chi connectivity index (χ0n) is 17.3. The van der Waals surface area contributed by atoms with E-state index < -0.39 is 0 Å². The second-order valence-corrected chi connectivity index (χ2v) is 6.79. The van der Waals surface area contributed by atoms with Gasteiger partial charge in [0.25, 0.3) is 0 Å². The van der Waals surface area contributed by atoms with E-state index in [0.717, 1.165) is 50.8 Å². The minimum Gasteiger partial charge on any atom is -0.496 e. The van der Waals surface area contributed by atoms with Crippen LogP contribution < -0.4 is 10.1 Å². The average Bonchev–Trinajstić information content (AvgIpc) is 2.66. The number of benzene rings is 1. The summed E-state index contributed by atoms with van der Waals surface area (Å²) in [5, 5.41) is 3.56. The van der Waals surface area contributed by atoms with Crippen LogP contribution >= 0.6 is 24.0 Å². The molecule has 27 heavy (non-hydrogen) atoms. The number of halogens is 1. The van der Waals surface area contributed by atoms with Gasteiger partial charge in [0.15, 0.2) is 5.96 Å². The minimum atomic E-state index is 0. The molecule has 1 aromatic carbocycles. The van der Waals surface area contributed by atoms with Crippen molar-refractivity contribution in [3.05, 3.63) is 29.8 Å². The van der Waals surface area contributed by atoms with Crippen molar-refractivity contribution in [1.29, 1.82) is 0 Å². The Balaban J connectivity index is 0.00000364. The molecule has 0 radical (unpaired) electrons. The Morgan fingerprint density at radius 2 is 1.96 bits per heavy atom. The first kappa shape index (κ1) is 24.0. The number of rotatable bonds is 7. The summed E-state index contributed by atoms with van der Waals surface area (Å²) in [6.45, 7) is 5.58. The molecule has 1 atom stereocenters. The topological polar surface area (TPSA) is 49.3 Å². The molecular formula is C20H35IN4O2. The average molecular weight is 490 g/mol. The van der Waals surface area contributed by atoms with Crippen LogP contribution in [0.5, 0.6) is 5.75 Å². The van der Waals surface area contributed by atoms with E-state index in [0.29, 0.717) is 6.10 Å². The van der Waals surface area contributed by atoms with Gasteiger partial charge < -0.3 is 24.6 Å². The lowest BCUT2D eigenvalue weighted by Crippen LogP contribution is -2.48. The molecule has 1 N–H and O–H groups in total. The molecule has 0 aliphatic carbocycles. The summed E-state index contributed by atoms with van der Waals surface area (Å²) in [6.07, 6.45) is 2.49. The van der Waals surface area contributed by atoms with Crippen LogP contribution in [-0.4, -0.2) is 76.4 Å². The van der Waals surface area contributed by atoms with E-state index in [1.54, 1.807) is 7.11 Å². The fraction of sp³-hybridized carbons (Fsp3) is 0.650. The Bertz CT molecular complexity index is 575. The van der Waals surface area contributed by atoms with Gasteiger partial charge in [0.2, 0.25) is 0 Å². The third-order valence-electron chi connectivity index (χ3n) is 4.93. The second kappa shape index (κ2) is 12.4. The Morgan fingerprint density at radius 3 is 2.52 bits per heavy atom. The van der Waals surface area contributed by atoms with E-state index in [-0.39, 0.29) is 30.0 Å². The lowest BCUT2D eigenvalue weighted by atomic mass is 10.0. The van der Waals surface area contributed by atoms with Crippen LogP contribution in [0.1, 0.15) is 31.4 Å². The lowest BCUT2D eigenvalue weighted by Gasteiger charge is -2.35. The van der Waals surface area contributed by atoms with Crippen molar-refractivity contribution in [2.75, 3.05) is 54.5 Å². The van der Waals surface area contributed by atoms with Crippen molar-refractivity contribution in [1.82, 2.24) is 15.1 Å². The molecule has 0 bridgehead atoms. The molecule has 0 amide bonds. The third-order valence-corrected chi connectivity index (χ3v) is 4.93. The quantitative estimate of drug-likeness (QED) is 0.362. The fourth-order valence-electron chi connectivity index (χ4n) is 3.50. The van der Waals surface area contributed by atoms with E-state index in [1.165, 1.54) is 5.56 Å². The predicted molar refractivity (Wildman–Crippen MR) is 122 cm³/mol. The summed E-state index contributed by atoms with van der Waals surface area (Å²) < 4.78 is 11.3. The van der Waals surface area contributed by atoms with Gasteiger partial charge in [-0.05, 0) is 39.9 Å². The summed E-state index contributed by atoms with van der Waals surface area (Å²) in [6, 6.07) is 8.40. The number of likely N-dealkylation sites (N-methyl/N-ethyl adjacent to an activating group) is 1. The maximum atomic E-state index is 5.75. The molecule has 0 spiro atoms. The molecular weight excluding hydrogens is 455 g/mol. The normalized spacial score (nSPS) is 16.8. The van der Waals surface area contributed by atoms with Gasteiger partial charge in [0.1, 0.15) is 5.75 Å². The first-order chi connectivity index (χ1) is 12.6. The lowest BCUT2D eigenvalue weighted by molar-refractivity contribution is 0.0263. The highest BCUT2D eigenvalue weighted by atomic mass is 127. The van der Waals surface area contributed by atoms with Crippen LogP contribution in [0, 0.1) is 0 Å². The molecule has 1 unspecified atom stereocenters. The van der Waals surface area contributed by atoms with Gasteiger partial charge in [0, 0.05) is 38.9 Å². The Kier molecular flexibility index (Phi) is 11.0. The number of methoxy groups -OCH3 is 1. The summed E-state index contributed by atoms with van der Waals surface area (Å²) >= 11 is 0. The molecule has 1 saturated heterocycles. The fourth-order valence-corrected chi connectivity index (χ4v) is 3.50. The van der Waals surface area contributed by atoms with Crippen molar-refractivity contribution < 1.29 is 9.47 Å². The van der Waals surface area contributed by atoms with Crippen LogP contribution in [0.25, 0.3) is 0 Å². The minimum absolute atomic E-state index is 0. The number of aliphatic imine (C=N–C) groups is 1. The summed E-state index contributed by atoms with van der Waals surface area (Å²) in [5.41, 5.74) is 1.18. The predicted octanol–water partition coefficient (Wildman–Crippen LogP) is 2.99. The number of nitrogens with zero attached hydrogens (tertiary/aromatic N) is 3. The van der Waals surface area contributed by atoms with Crippen molar-refractivity contribution in [2.45, 2.75) is 31.9 Å².